The molecule has 13 heavy (non-hydrogen) atoms. The normalized spacial score (nSPS) is 10.6. The van der Waals surface area contributed by atoms with Crippen molar-refractivity contribution in [2.75, 3.05) is 34.5 Å². The summed E-state index contributed by atoms with van der Waals surface area (Å²) in [6.07, 6.45) is 2.82. The Labute approximate surface area is 96.4 Å². The molecule has 0 saturated carbocycles. The van der Waals surface area contributed by atoms with E-state index in [9.17, 15) is 0 Å². The molecule has 0 aromatic heterocycles. The fourth-order valence-corrected chi connectivity index (χ4v) is 3.46. The summed E-state index contributed by atoms with van der Waals surface area (Å²) in [4.78, 5) is 0. The maximum Gasteiger partial charge on any atom is 0.00235 e. The van der Waals surface area contributed by atoms with Gasteiger partial charge < -0.3 is 0 Å². The molecule has 0 rings (SSSR count). The van der Waals surface area contributed by atoms with Gasteiger partial charge in [-0.25, -0.2) is 0 Å². The molecule has 0 fully saturated rings. The third-order valence-corrected chi connectivity index (χ3v) is 4.82. The Balaban J connectivity index is 2.76. The van der Waals surface area contributed by atoms with Crippen LogP contribution in [0.3, 0.4) is 0 Å². The fraction of sp³-hybridized carbons (Fsp3) is 1.00. The molecular formula is C10H22S3. The van der Waals surface area contributed by atoms with Crippen LogP contribution in [0.2, 0.25) is 0 Å². The van der Waals surface area contributed by atoms with E-state index in [-0.39, 0.29) is 0 Å². The largest absolute Gasteiger partial charge is 0.162 e. The highest BCUT2D eigenvalue weighted by Gasteiger charge is 1.91. The maximum atomic E-state index is 2.24. The van der Waals surface area contributed by atoms with Crippen LogP contribution in [-0.4, -0.2) is 34.5 Å². The quantitative estimate of drug-likeness (QED) is 0.528. The molecule has 0 bridgehead atoms. The van der Waals surface area contributed by atoms with E-state index >= 15 is 0 Å². The summed E-state index contributed by atoms with van der Waals surface area (Å²) in [6.45, 7) is 4.47. The minimum absolute atomic E-state index is 1.27. The van der Waals surface area contributed by atoms with Crippen LogP contribution in [0.25, 0.3) is 0 Å². The van der Waals surface area contributed by atoms with Crippen molar-refractivity contribution in [3.05, 3.63) is 0 Å². The number of rotatable bonds is 10. The van der Waals surface area contributed by atoms with Crippen LogP contribution >= 0.6 is 35.3 Å². The Morgan fingerprint density at radius 3 is 1.69 bits per heavy atom. The van der Waals surface area contributed by atoms with Crippen LogP contribution in [0.4, 0.5) is 0 Å². The first-order valence-corrected chi connectivity index (χ1v) is 8.61. The zero-order chi connectivity index (χ0) is 9.78. The van der Waals surface area contributed by atoms with Crippen molar-refractivity contribution in [1.82, 2.24) is 0 Å². The molecule has 0 saturated heterocycles. The Bertz CT molecular complexity index is 76.2. The Hall–Kier alpha value is 1.05. The van der Waals surface area contributed by atoms with Gasteiger partial charge in [-0.2, -0.15) is 35.3 Å². The molecule has 0 spiro atoms. The average molecular weight is 238 g/mol. The van der Waals surface area contributed by atoms with Gasteiger partial charge in [-0.05, 0) is 35.9 Å². The molecular weight excluding hydrogens is 216 g/mol. The van der Waals surface area contributed by atoms with Crippen molar-refractivity contribution in [1.29, 1.82) is 0 Å². The molecule has 0 aliphatic heterocycles. The summed E-state index contributed by atoms with van der Waals surface area (Å²) in [5.74, 6) is 7.97. The van der Waals surface area contributed by atoms with Crippen molar-refractivity contribution >= 4 is 35.3 Å². The smallest absolute Gasteiger partial charge is 0.00235 e. The molecule has 0 aliphatic rings. The third kappa shape index (κ3) is 13.1. The predicted octanol–water partition coefficient (Wildman–Crippen LogP) is 4.01. The monoisotopic (exact) mass is 238 g/mol. The summed E-state index contributed by atoms with van der Waals surface area (Å²) < 4.78 is 0. The van der Waals surface area contributed by atoms with E-state index < -0.39 is 0 Å². The van der Waals surface area contributed by atoms with Crippen LogP contribution in [0, 0.1) is 0 Å². The lowest BCUT2D eigenvalue weighted by molar-refractivity contribution is 0.907. The van der Waals surface area contributed by atoms with Crippen molar-refractivity contribution in [3.8, 4) is 0 Å². The van der Waals surface area contributed by atoms with Gasteiger partial charge in [0, 0.05) is 11.5 Å². The number of hydrogen-bond acceptors (Lipinski definition) is 3. The number of unbranched alkanes of at least 4 members (excludes halogenated alkanes) is 1. The van der Waals surface area contributed by atoms with Crippen LogP contribution in [0.5, 0.6) is 0 Å². The SMILES string of the molecule is CCSCCCCSCCSCC. The second-order valence-electron chi connectivity index (χ2n) is 2.71. The lowest BCUT2D eigenvalue weighted by Crippen LogP contribution is -1.89. The minimum atomic E-state index is 1.27. The van der Waals surface area contributed by atoms with E-state index in [2.05, 4.69) is 49.1 Å². The standard InChI is InChI=1S/C10H22S3/c1-3-11-7-5-6-8-13-10-9-12-4-2/h3-10H2,1-2H3. The summed E-state index contributed by atoms with van der Waals surface area (Å²) in [5, 5.41) is 0. The zero-order valence-corrected chi connectivity index (χ0v) is 11.3. The highest BCUT2D eigenvalue weighted by atomic mass is 32.2. The van der Waals surface area contributed by atoms with E-state index in [4.69, 9.17) is 0 Å². The summed E-state index contributed by atoms with van der Waals surface area (Å²) in [6, 6.07) is 0. The molecule has 0 radical (unpaired) electrons. The number of thioether (sulfide) groups is 3. The van der Waals surface area contributed by atoms with Gasteiger partial charge in [0.1, 0.15) is 0 Å². The summed E-state index contributed by atoms with van der Waals surface area (Å²) >= 11 is 6.24. The van der Waals surface area contributed by atoms with Gasteiger partial charge in [-0.3, -0.25) is 0 Å². The van der Waals surface area contributed by atoms with Crippen molar-refractivity contribution in [2.45, 2.75) is 26.7 Å². The molecule has 0 N–H and O–H groups in total. The van der Waals surface area contributed by atoms with E-state index in [1.165, 1.54) is 47.4 Å². The Morgan fingerprint density at radius 2 is 1.08 bits per heavy atom. The first-order chi connectivity index (χ1) is 6.41. The van der Waals surface area contributed by atoms with Gasteiger partial charge in [-0.1, -0.05) is 13.8 Å². The van der Waals surface area contributed by atoms with E-state index in [1.54, 1.807) is 0 Å². The molecule has 0 atom stereocenters. The number of hydrogen-bond donors (Lipinski definition) is 0. The molecule has 0 unspecified atom stereocenters. The van der Waals surface area contributed by atoms with Gasteiger partial charge in [0.2, 0.25) is 0 Å². The van der Waals surface area contributed by atoms with Crippen LogP contribution in [0.15, 0.2) is 0 Å². The van der Waals surface area contributed by atoms with Crippen molar-refractivity contribution in [2.24, 2.45) is 0 Å². The van der Waals surface area contributed by atoms with Crippen LogP contribution in [-0.2, 0) is 0 Å². The van der Waals surface area contributed by atoms with E-state index in [0.29, 0.717) is 0 Å². The maximum absolute atomic E-state index is 2.24. The van der Waals surface area contributed by atoms with E-state index in [1.807, 2.05) is 0 Å². The Morgan fingerprint density at radius 1 is 0.615 bits per heavy atom. The summed E-state index contributed by atoms with van der Waals surface area (Å²) in [7, 11) is 0. The van der Waals surface area contributed by atoms with Gasteiger partial charge in [-0.15, -0.1) is 0 Å². The molecule has 0 aliphatic carbocycles. The van der Waals surface area contributed by atoms with Crippen LogP contribution in [0.1, 0.15) is 26.7 Å². The molecule has 0 aromatic carbocycles. The second-order valence-corrected chi connectivity index (χ2v) is 6.73. The molecule has 0 nitrogen and oxygen atoms in total. The highest BCUT2D eigenvalue weighted by molar-refractivity contribution is 8.02. The van der Waals surface area contributed by atoms with E-state index in [0.717, 1.165) is 0 Å². The topological polar surface area (TPSA) is 0 Å². The van der Waals surface area contributed by atoms with Gasteiger partial charge in [0.15, 0.2) is 0 Å². The molecule has 0 amide bonds. The van der Waals surface area contributed by atoms with Crippen LogP contribution < -0.4 is 0 Å². The zero-order valence-electron chi connectivity index (χ0n) is 8.88. The lowest BCUT2D eigenvalue weighted by atomic mass is 10.4. The van der Waals surface area contributed by atoms with Crippen molar-refractivity contribution in [3.63, 3.8) is 0 Å². The summed E-state index contributed by atoms with van der Waals surface area (Å²) in [5.41, 5.74) is 0. The average Bonchev–Trinajstić information content (AvgIpc) is 2.16. The van der Waals surface area contributed by atoms with Gasteiger partial charge in [0.25, 0.3) is 0 Å². The third-order valence-electron chi connectivity index (χ3n) is 1.61. The van der Waals surface area contributed by atoms with Gasteiger partial charge >= 0.3 is 0 Å². The second kappa shape index (κ2) is 13.1. The first-order valence-electron chi connectivity index (χ1n) is 5.15. The lowest BCUT2D eigenvalue weighted by Gasteiger charge is -2.00. The fourth-order valence-electron chi connectivity index (χ4n) is 0.917. The van der Waals surface area contributed by atoms with Crippen molar-refractivity contribution < 1.29 is 0 Å². The minimum Gasteiger partial charge on any atom is -0.162 e. The molecule has 80 valence electrons. The molecule has 0 heterocycles. The highest BCUT2D eigenvalue weighted by Crippen LogP contribution is 2.10. The Kier molecular flexibility index (Phi) is 14.1. The van der Waals surface area contributed by atoms with Gasteiger partial charge in [0.05, 0.1) is 0 Å². The molecule has 3 heteroatoms. The first kappa shape index (κ1) is 14.1. The predicted molar refractivity (Wildman–Crippen MR) is 72.6 cm³/mol. The molecule has 0 aromatic rings.